The fraction of sp³-hybridized carbons (Fsp3) is 0.854. The Morgan fingerprint density at radius 3 is 0.962 bits per heavy atom. The van der Waals surface area contributed by atoms with Gasteiger partial charge in [0.15, 0.2) is 0 Å². The first-order valence-electron chi connectivity index (χ1n) is 22.3. The molecule has 0 heterocycles. The number of hydrogen-bond donors (Lipinski definition) is 0. The van der Waals surface area contributed by atoms with Crippen LogP contribution in [0.25, 0.3) is 0 Å². The third-order valence-corrected chi connectivity index (χ3v) is 11.6. The first kappa shape index (κ1) is 48.3. The molecular formula is C48H88O4. The van der Waals surface area contributed by atoms with Gasteiger partial charge in [0.05, 0.1) is 25.9 Å². The molecule has 0 radical (unpaired) electrons. The van der Waals surface area contributed by atoms with Crippen molar-refractivity contribution in [1.82, 2.24) is 0 Å². The summed E-state index contributed by atoms with van der Waals surface area (Å²) in [4.78, 5) is 12.4. The highest BCUT2D eigenvalue weighted by Crippen LogP contribution is 2.27. The summed E-state index contributed by atoms with van der Waals surface area (Å²) in [5.41, 5.74) is 0.481. The molecule has 0 bridgehead atoms. The Hall–Kier alpha value is -1.71. The molecule has 6 unspecified atom stereocenters. The predicted octanol–water partition coefficient (Wildman–Crippen LogP) is 15.2. The monoisotopic (exact) mass is 729 g/mol. The van der Waals surface area contributed by atoms with E-state index in [9.17, 15) is 4.79 Å². The summed E-state index contributed by atoms with van der Waals surface area (Å²) < 4.78 is 17.4. The fourth-order valence-electron chi connectivity index (χ4n) is 7.60. The second-order valence-electron chi connectivity index (χ2n) is 18.5. The van der Waals surface area contributed by atoms with Gasteiger partial charge in [-0.2, -0.15) is 0 Å². The van der Waals surface area contributed by atoms with Crippen LogP contribution in [0.1, 0.15) is 208 Å². The molecule has 4 nitrogen and oxygen atoms in total. The van der Waals surface area contributed by atoms with Crippen molar-refractivity contribution in [1.29, 1.82) is 0 Å². The lowest BCUT2D eigenvalue weighted by molar-refractivity contribution is 0.0599. The van der Waals surface area contributed by atoms with Crippen molar-refractivity contribution in [2.75, 3.05) is 20.3 Å². The SMILES string of the molecule is COC(=O)c1cc(OCCC(C)CCCC(C)CCCC(C)CCCC(C)C)cc(OCCC(C)CCCC(C)CCCC(C)CCCC(C)C)c1. The van der Waals surface area contributed by atoms with E-state index in [0.717, 1.165) is 48.3 Å². The standard InChI is InChI=1S/C48H88O4/c1-37(2)18-12-20-39(5)22-14-24-41(7)26-16-28-43(9)30-32-51-46-34-45(48(49)50-11)35-47(36-46)52-33-31-44(10)29-17-27-42(8)25-15-23-40(6)21-13-19-38(3)4/h34-44H,12-33H2,1-11H3. The minimum atomic E-state index is -0.360. The van der Waals surface area contributed by atoms with Gasteiger partial charge in [0.25, 0.3) is 0 Å². The van der Waals surface area contributed by atoms with Gasteiger partial charge in [-0.25, -0.2) is 4.79 Å². The van der Waals surface area contributed by atoms with Crippen LogP contribution < -0.4 is 9.47 Å². The number of hydrogen-bond acceptors (Lipinski definition) is 4. The van der Waals surface area contributed by atoms with E-state index in [-0.39, 0.29) is 5.97 Å². The molecule has 0 aliphatic heterocycles. The number of ether oxygens (including phenoxy) is 3. The summed E-state index contributed by atoms with van der Waals surface area (Å²) in [6, 6.07) is 5.50. The highest BCUT2D eigenvalue weighted by atomic mass is 16.5. The Kier molecular flexibility index (Phi) is 27.5. The first-order valence-corrected chi connectivity index (χ1v) is 22.3. The van der Waals surface area contributed by atoms with E-state index >= 15 is 0 Å². The lowest BCUT2D eigenvalue weighted by Gasteiger charge is -2.17. The van der Waals surface area contributed by atoms with Gasteiger partial charge >= 0.3 is 5.97 Å². The minimum Gasteiger partial charge on any atom is -0.493 e. The lowest BCUT2D eigenvalue weighted by atomic mass is 9.91. The van der Waals surface area contributed by atoms with Crippen LogP contribution in [-0.2, 0) is 4.74 Å². The maximum Gasteiger partial charge on any atom is 0.338 e. The van der Waals surface area contributed by atoms with Crippen LogP contribution >= 0.6 is 0 Å². The van der Waals surface area contributed by atoms with Gasteiger partial charge in [0.2, 0.25) is 0 Å². The molecule has 1 rings (SSSR count). The molecular weight excluding hydrogens is 641 g/mol. The van der Waals surface area contributed by atoms with E-state index in [0.29, 0.717) is 42.1 Å². The third-order valence-electron chi connectivity index (χ3n) is 11.6. The number of benzene rings is 1. The fourth-order valence-corrected chi connectivity index (χ4v) is 7.60. The molecule has 0 aliphatic carbocycles. The van der Waals surface area contributed by atoms with E-state index in [4.69, 9.17) is 14.2 Å². The molecule has 6 atom stereocenters. The molecule has 0 aliphatic rings. The zero-order valence-electron chi connectivity index (χ0n) is 36.5. The number of carbonyl (C=O) groups excluding carboxylic acids is 1. The largest absolute Gasteiger partial charge is 0.493 e. The van der Waals surface area contributed by atoms with E-state index in [2.05, 4.69) is 69.2 Å². The Labute approximate surface area is 324 Å². The second kappa shape index (κ2) is 29.6. The van der Waals surface area contributed by atoms with E-state index in [1.807, 2.05) is 6.07 Å². The van der Waals surface area contributed by atoms with Crippen LogP contribution in [0.15, 0.2) is 18.2 Å². The van der Waals surface area contributed by atoms with E-state index in [1.165, 1.54) is 123 Å². The van der Waals surface area contributed by atoms with Crippen molar-refractivity contribution >= 4 is 5.97 Å². The second-order valence-corrected chi connectivity index (χ2v) is 18.5. The van der Waals surface area contributed by atoms with Gasteiger partial charge in [-0.3, -0.25) is 0 Å². The first-order chi connectivity index (χ1) is 24.8. The minimum absolute atomic E-state index is 0.360. The van der Waals surface area contributed by atoms with E-state index < -0.39 is 0 Å². The maximum absolute atomic E-state index is 12.4. The molecule has 4 heteroatoms. The van der Waals surface area contributed by atoms with Crippen molar-refractivity contribution in [3.8, 4) is 11.5 Å². The zero-order valence-corrected chi connectivity index (χ0v) is 36.5. The number of rotatable bonds is 33. The van der Waals surface area contributed by atoms with E-state index in [1.54, 1.807) is 12.1 Å². The average molecular weight is 729 g/mol. The Balaban J connectivity index is 2.33. The smallest absolute Gasteiger partial charge is 0.338 e. The summed E-state index contributed by atoms with van der Waals surface area (Å²) in [5.74, 6) is 7.29. The topological polar surface area (TPSA) is 44.8 Å². The van der Waals surface area contributed by atoms with Gasteiger partial charge in [0.1, 0.15) is 11.5 Å². The van der Waals surface area contributed by atoms with Crippen LogP contribution in [-0.4, -0.2) is 26.3 Å². The van der Waals surface area contributed by atoms with Crippen molar-refractivity contribution in [2.45, 2.75) is 198 Å². The third kappa shape index (κ3) is 26.1. The molecule has 0 N–H and O–H groups in total. The van der Waals surface area contributed by atoms with Crippen LogP contribution in [0.2, 0.25) is 0 Å². The van der Waals surface area contributed by atoms with Crippen molar-refractivity contribution < 1.29 is 19.0 Å². The maximum atomic E-state index is 12.4. The van der Waals surface area contributed by atoms with Crippen LogP contribution in [0, 0.1) is 47.3 Å². The molecule has 0 amide bonds. The summed E-state index contributed by atoms with van der Waals surface area (Å²) in [6.45, 7) is 25.0. The summed E-state index contributed by atoms with van der Waals surface area (Å²) >= 11 is 0. The average Bonchev–Trinajstić information content (AvgIpc) is 3.07. The highest BCUT2D eigenvalue weighted by Gasteiger charge is 2.14. The molecule has 52 heavy (non-hydrogen) atoms. The molecule has 1 aromatic carbocycles. The van der Waals surface area contributed by atoms with Crippen LogP contribution in [0.3, 0.4) is 0 Å². The Bertz CT molecular complexity index is 934. The van der Waals surface area contributed by atoms with Gasteiger partial charge in [0, 0.05) is 6.07 Å². The van der Waals surface area contributed by atoms with Crippen molar-refractivity contribution in [3.63, 3.8) is 0 Å². The number of carbonyl (C=O) groups is 1. The molecule has 0 aromatic heterocycles. The summed E-state index contributed by atoms with van der Waals surface area (Å²) in [5, 5.41) is 0. The molecule has 0 saturated carbocycles. The molecule has 0 spiro atoms. The predicted molar refractivity (Wildman–Crippen MR) is 226 cm³/mol. The summed E-state index contributed by atoms with van der Waals surface area (Å²) in [6.07, 6.45) is 26.3. The van der Waals surface area contributed by atoms with Gasteiger partial charge in [-0.05, 0) is 72.3 Å². The van der Waals surface area contributed by atoms with Crippen molar-refractivity contribution in [2.24, 2.45) is 47.3 Å². The van der Waals surface area contributed by atoms with Gasteiger partial charge in [-0.1, -0.05) is 185 Å². The molecule has 0 saturated heterocycles. The Morgan fingerprint density at radius 1 is 0.423 bits per heavy atom. The quantitative estimate of drug-likeness (QED) is 0.0676. The van der Waals surface area contributed by atoms with Crippen LogP contribution in [0.5, 0.6) is 11.5 Å². The highest BCUT2D eigenvalue weighted by molar-refractivity contribution is 5.90. The number of esters is 1. The normalized spacial score (nSPS) is 15.3. The Morgan fingerprint density at radius 2 is 0.692 bits per heavy atom. The number of methoxy groups -OCH3 is 1. The zero-order chi connectivity index (χ0) is 38.7. The summed E-state index contributed by atoms with van der Waals surface area (Å²) in [7, 11) is 1.42. The lowest BCUT2D eigenvalue weighted by Crippen LogP contribution is -2.08. The molecule has 0 fully saturated rings. The van der Waals surface area contributed by atoms with Gasteiger partial charge in [-0.15, -0.1) is 0 Å². The molecule has 304 valence electrons. The van der Waals surface area contributed by atoms with Crippen LogP contribution in [0.4, 0.5) is 0 Å². The van der Waals surface area contributed by atoms with Gasteiger partial charge < -0.3 is 14.2 Å². The molecule has 1 aromatic rings. The van der Waals surface area contributed by atoms with Crippen molar-refractivity contribution in [3.05, 3.63) is 23.8 Å².